The maximum Gasteiger partial charge on any atom is 0.416 e. The van der Waals surface area contributed by atoms with Crippen LogP contribution in [0.5, 0.6) is 0 Å². The van der Waals surface area contributed by atoms with Gasteiger partial charge in [-0.2, -0.15) is 13.2 Å². The van der Waals surface area contributed by atoms with Crippen molar-refractivity contribution in [3.63, 3.8) is 0 Å². The van der Waals surface area contributed by atoms with Gasteiger partial charge in [-0.15, -0.1) is 0 Å². The summed E-state index contributed by atoms with van der Waals surface area (Å²) in [5.74, 6) is 0.122. The van der Waals surface area contributed by atoms with Crippen molar-refractivity contribution in [3.8, 4) is 0 Å². The van der Waals surface area contributed by atoms with E-state index in [1.807, 2.05) is 0 Å². The van der Waals surface area contributed by atoms with Crippen molar-refractivity contribution >= 4 is 23.0 Å². The largest absolute Gasteiger partial charge is 0.416 e. The second-order valence-corrected chi connectivity index (χ2v) is 5.10. The topological polar surface area (TPSA) is 49.8 Å². The van der Waals surface area contributed by atoms with Gasteiger partial charge in [-0.3, -0.25) is 0 Å². The van der Waals surface area contributed by atoms with Gasteiger partial charge in [0.1, 0.15) is 23.8 Å². The van der Waals surface area contributed by atoms with E-state index in [1.165, 1.54) is 36.7 Å². The number of nitrogens with one attached hydrogen (secondary N) is 2. The Morgan fingerprint density at radius 2 is 1.52 bits per heavy atom. The molecule has 0 aliphatic heterocycles. The molecule has 0 amide bonds. The summed E-state index contributed by atoms with van der Waals surface area (Å²) in [6, 6.07) is 12.3. The van der Waals surface area contributed by atoms with E-state index in [0.29, 0.717) is 5.82 Å². The second kappa shape index (κ2) is 6.76. The highest BCUT2D eigenvalue weighted by molar-refractivity contribution is 5.63. The Kier molecular flexibility index (Phi) is 4.51. The maximum absolute atomic E-state index is 13.7. The molecule has 1 aromatic heterocycles. The van der Waals surface area contributed by atoms with Gasteiger partial charge in [0.15, 0.2) is 0 Å². The van der Waals surface area contributed by atoms with Gasteiger partial charge in [-0.05, 0) is 30.3 Å². The summed E-state index contributed by atoms with van der Waals surface area (Å²) in [5.41, 5.74) is -0.312. The summed E-state index contributed by atoms with van der Waals surface area (Å²) in [6.07, 6.45) is -3.21. The summed E-state index contributed by atoms with van der Waals surface area (Å²) < 4.78 is 51.9. The summed E-state index contributed by atoms with van der Waals surface area (Å²) in [6.45, 7) is 0. The minimum absolute atomic E-state index is 0.227. The monoisotopic (exact) mass is 348 g/mol. The predicted octanol–water partition coefficient (Wildman–Crippen LogP) is 5.12. The van der Waals surface area contributed by atoms with Gasteiger partial charge in [-0.25, -0.2) is 14.4 Å². The van der Waals surface area contributed by atoms with E-state index in [2.05, 4.69) is 20.6 Å². The molecule has 0 bridgehead atoms. The highest BCUT2D eigenvalue weighted by Crippen LogP contribution is 2.31. The molecule has 2 N–H and O–H groups in total. The van der Waals surface area contributed by atoms with Crippen molar-refractivity contribution < 1.29 is 17.6 Å². The molecule has 0 unspecified atom stereocenters. The lowest BCUT2D eigenvalue weighted by Gasteiger charge is -2.11. The first-order valence-corrected chi connectivity index (χ1v) is 7.20. The Morgan fingerprint density at radius 1 is 0.800 bits per heavy atom. The van der Waals surface area contributed by atoms with Crippen molar-refractivity contribution in [2.75, 3.05) is 10.6 Å². The predicted molar refractivity (Wildman–Crippen MR) is 86.4 cm³/mol. The molecule has 8 heteroatoms. The summed E-state index contributed by atoms with van der Waals surface area (Å²) in [7, 11) is 0. The van der Waals surface area contributed by atoms with Gasteiger partial charge >= 0.3 is 6.18 Å². The van der Waals surface area contributed by atoms with Gasteiger partial charge < -0.3 is 10.6 Å². The first-order chi connectivity index (χ1) is 11.9. The molecule has 4 nitrogen and oxygen atoms in total. The SMILES string of the molecule is Fc1ccccc1Nc1cc(Nc2cccc(C(F)(F)F)c2)ncn1. The van der Waals surface area contributed by atoms with Crippen LogP contribution in [0, 0.1) is 5.82 Å². The van der Waals surface area contributed by atoms with E-state index in [4.69, 9.17) is 0 Å². The van der Waals surface area contributed by atoms with Crippen molar-refractivity contribution in [1.82, 2.24) is 9.97 Å². The third kappa shape index (κ3) is 4.23. The fourth-order valence-corrected chi connectivity index (χ4v) is 2.12. The number of nitrogens with zero attached hydrogens (tertiary/aromatic N) is 2. The lowest BCUT2D eigenvalue weighted by atomic mass is 10.2. The molecule has 2 aromatic carbocycles. The Bertz CT molecular complexity index is 880. The lowest BCUT2D eigenvalue weighted by molar-refractivity contribution is -0.137. The van der Waals surface area contributed by atoms with Crippen molar-refractivity contribution in [1.29, 1.82) is 0 Å². The minimum Gasteiger partial charge on any atom is -0.340 e. The highest BCUT2D eigenvalue weighted by Gasteiger charge is 2.30. The van der Waals surface area contributed by atoms with Crippen LogP contribution in [-0.2, 0) is 6.18 Å². The zero-order valence-corrected chi connectivity index (χ0v) is 12.7. The Morgan fingerprint density at radius 3 is 2.24 bits per heavy atom. The molecule has 0 saturated heterocycles. The third-order valence-electron chi connectivity index (χ3n) is 3.27. The van der Waals surface area contributed by atoms with E-state index in [9.17, 15) is 17.6 Å². The summed E-state index contributed by atoms with van der Waals surface area (Å²) in [5, 5.41) is 5.56. The lowest BCUT2D eigenvalue weighted by Crippen LogP contribution is -2.05. The molecule has 1 heterocycles. The molecule has 0 aliphatic carbocycles. The van der Waals surface area contributed by atoms with Crippen LogP contribution >= 0.6 is 0 Å². The molecular formula is C17H12F4N4. The Hall–Kier alpha value is -3.16. The van der Waals surface area contributed by atoms with Crippen molar-refractivity contribution in [3.05, 3.63) is 72.3 Å². The van der Waals surface area contributed by atoms with Gasteiger partial charge in [0, 0.05) is 11.8 Å². The molecule has 0 spiro atoms. The smallest absolute Gasteiger partial charge is 0.340 e. The molecule has 0 fully saturated rings. The first-order valence-electron chi connectivity index (χ1n) is 7.20. The van der Waals surface area contributed by atoms with Crippen LogP contribution in [-0.4, -0.2) is 9.97 Å². The highest BCUT2D eigenvalue weighted by atomic mass is 19.4. The molecular weight excluding hydrogens is 336 g/mol. The number of para-hydroxylation sites is 1. The fraction of sp³-hybridized carbons (Fsp3) is 0.0588. The average Bonchev–Trinajstić information content (AvgIpc) is 2.57. The molecule has 3 rings (SSSR count). The van der Waals surface area contributed by atoms with Gasteiger partial charge in [0.25, 0.3) is 0 Å². The number of halogens is 4. The van der Waals surface area contributed by atoms with Gasteiger partial charge in [0.2, 0.25) is 0 Å². The standard InChI is InChI=1S/C17H12F4N4/c18-13-6-1-2-7-14(13)25-16-9-15(22-10-23-16)24-12-5-3-4-11(8-12)17(19,20)21/h1-10H,(H2,22,23,24,25). The van der Waals surface area contributed by atoms with Crippen LogP contribution in [0.1, 0.15) is 5.56 Å². The van der Waals surface area contributed by atoms with Gasteiger partial charge in [-0.1, -0.05) is 18.2 Å². The molecule has 25 heavy (non-hydrogen) atoms. The zero-order valence-electron chi connectivity index (χ0n) is 12.7. The molecule has 3 aromatic rings. The molecule has 0 saturated carbocycles. The van der Waals surface area contributed by atoms with Crippen molar-refractivity contribution in [2.24, 2.45) is 0 Å². The summed E-state index contributed by atoms with van der Waals surface area (Å²) in [4.78, 5) is 7.92. The molecule has 0 atom stereocenters. The van der Waals surface area contributed by atoms with Gasteiger partial charge in [0.05, 0.1) is 11.3 Å². The van der Waals surface area contributed by atoms with Crippen LogP contribution in [0.3, 0.4) is 0 Å². The van der Waals surface area contributed by atoms with Crippen LogP contribution in [0.4, 0.5) is 40.6 Å². The number of rotatable bonds is 4. The van der Waals surface area contributed by atoms with E-state index >= 15 is 0 Å². The average molecular weight is 348 g/mol. The zero-order chi connectivity index (χ0) is 17.9. The fourth-order valence-electron chi connectivity index (χ4n) is 2.12. The van der Waals surface area contributed by atoms with Crippen LogP contribution in [0.15, 0.2) is 60.9 Å². The minimum atomic E-state index is -4.43. The van der Waals surface area contributed by atoms with E-state index in [0.717, 1.165) is 12.1 Å². The van der Waals surface area contributed by atoms with Crippen LogP contribution < -0.4 is 10.6 Å². The molecule has 0 radical (unpaired) electrons. The molecule has 128 valence electrons. The second-order valence-electron chi connectivity index (χ2n) is 5.10. The number of hydrogen-bond acceptors (Lipinski definition) is 4. The van der Waals surface area contributed by atoms with Crippen molar-refractivity contribution in [2.45, 2.75) is 6.18 Å². The third-order valence-corrected chi connectivity index (χ3v) is 3.27. The Labute approximate surface area is 140 Å². The maximum atomic E-state index is 13.7. The van der Waals surface area contributed by atoms with E-state index in [-0.39, 0.29) is 17.2 Å². The van der Waals surface area contributed by atoms with Crippen LogP contribution in [0.25, 0.3) is 0 Å². The van der Waals surface area contributed by atoms with Crippen LogP contribution in [0.2, 0.25) is 0 Å². The number of anilines is 4. The quantitative estimate of drug-likeness (QED) is 0.643. The number of aromatic nitrogens is 2. The Balaban J connectivity index is 1.80. The summed E-state index contributed by atoms with van der Waals surface area (Å²) >= 11 is 0. The number of hydrogen-bond donors (Lipinski definition) is 2. The number of alkyl halides is 3. The number of benzene rings is 2. The first kappa shape index (κ1) is 16.7. The van der Waals surface area contributed by atoms with E-state index in [1.54, 1.807) is 12.1 Å². The van der Waals surface area contributed by atoms with E-state index < -0.39 is 17.6 Å². The normalized spacial score (nSPS) is 11.2. The molecule has 0 aliphatic rings.